The molecule has 11 heteroatoms. The molecule has 4 aromatic heterocycles. The number of amides is 1. The van der Waals surface area contributed by atoms with Crippen molar-refractivity contribution >= 4 is 17.6 Å². The summed E-state index contributed by atoms with van der Waals surface area (Å²) in [7, 11) is 0. The van der Waals surface area contributed by atoms with Gasteiger partial charge in [0.15, 0.2) is 11.5 Å². The number of rotatable bonds is 4. The van der Waals surface area contributed by atoms with Gasteiger partial charge in [0.25, 0.3) is 0 Å². The zero-order valence-corrected chi connectivity index (χ0v) is 22.7. The van der Waals surface area contributed by atoms with Crippen LogP contribution < -0.4 is 4.90 Å². The summed E-state index contributed by atoms with van der Waals surface area (Å²) in [4.78, 5) is 25.6. The Hall–Kier alpha value is -3.99. The second kappa shape index (κ2) is 10.3. The molecule has 6 rings (SSSR count). The molecule has 0 saturated carbocycles. The van der Waals surface area contributed by atoms with Crippen LogP contribution in [-0.4, -0.2) is 85.3 Å². The lowest BCUT2D eigenvalue weighted by atomic mass is 9.94. The monoisotopic (exact) mass is 530 g/mol. The molecule has 2 aliphatic heterocycles. The maximum absolute atomic E-state index is 12.5. The van der Waals surface area contributed by atoms with Gasteiger partial charge in [0.1, 0.15) is 11.4 Å². The number of piperidine rings is 1. The summed E-state index contributed by atoms with van der Waals surface area (Å²) in [5.74, 6) is 1.98. The van der Waals surface area contributed by atoms with E-state index >= 15 is 0 Å². The zero-order chi connectivity index (χ0) is 27.0. The van der Waals surface area contributed by atoms with Crippen LogP contribution in [0.1, 0.15) is 45.2 Å². The van der Waals surface area contributed by atoms with Crippen molar-refractivity contribution in [1.29, 1.82) is 0 Å². The zero-order valence-electron chi connectivity index (χ0n) is 22.7. The first kappa shape index (κ1) is 25.3. The van der Waals surface area contributed by atoms with Crippen molar-refractivity contribution in [3.05, 3.63) is 54.6 Å². The average Bonchev–Trinajstić information content (AvgIpc) is 3.61. The van der Waals surface area contributed by atoms with Gasteiger partial charge in [-0.3, -0.25) is 4.98 Å². The number of nitrogens with zero attached hydrogens (tertiary/aromatic N) is 8. The lowest BCUT2D eigenvalue weighted by molar-refractivity contribution is 0.0204. The Balaban J connectivity index is 1.26. The molecule has 0 aliphatic carbocycles. The quantitative estimate of drug-likeness (QED) is 0.391. The highest BCUT2D eigenvalue weighted by atomic mass is 16.6. The molecule has 0 N–H and O–H groups in total. The van der Waals surface area contributed by atoms with Gasteiger partial charge in [0, 0.05) is 68.4 Å². The fourth-order valence-electron chi connectivity index (χ4n) is 5.11. The molecule has 2 saturated heterocycles. The third-order valence-corrected chi connectivity index (χ3v) is 7.12. The Bertz CT molecular complexity index is 1440. The van der Waals surface area contributed by atoms with Gasteiger partial charge in [-0.1, -0.05) is 0 Å². The highest BCUT2D eigenvalue weighted by Gasteiger charge is 2.29. The molecule has 0 atom stereocenters. The Kier molecular flexibility index (Phi) is 6.68. The highest BCUT2D eigenvalue weighted by molar-refractivity contribution is 5.68. The van der Waals surface area contributed by atoms with Crippen molar-refractivity contribution in [3.8, 4) is 17.1 Å². The predicted octanol–water partition coefficient (Wildman–Crippen LogP) is 3.93. The van der Waals surface area contributed by atoms with E-state index in [0.29, 0.717) is 26.3 Å². The van der Waals surface area contributed by atoms with E-state index in [1.165, 1.54) is 0 Å². The normalized spacial score (nSPS) is 17.1. The second-order valence-electron chi connectivity index (χ2n) is 11.0. The van der Waals surface area contributed by atoms with Gasteiger partial charge in [0.2, 0.25) is 0 Å². The van der Waals surface area contributed by atoms with Crippen molar-refractivity contribution in [3.63, 3.8) is 0 Å². The van der Waals surface area contributed by atoms with Gasteiger partial charge in [-0.15, -0.1) is 0 Å². The summed E-state index contributed by atoms with van der Waals surface area (Å²) in [6.07, 6.45) is 6.96. The van der Waals surface area contributed by atoms with Crippen LogP contribution in [0.5, 0.6) is 0 Å². The Morgan fingerprint density at radius 2 is 1.74 bits per heavy atom. The lowest BCUT2D eigenvalue weighted by Gasteiger charge is -2.32. The van der Waals surface area contributed by atoms with Crippen LogP contribution in [0.15, 0.2) is 48.9 Å². The van der Waals surface area contributed by atoms with Crippen molar-refractivity contribution in [2.45, 2.75) is 45.1 Å². The molecular weight excluding hydrogens is 496 g/mol. The topological polar surface area (TPSA) is 103 Å². The first-order valence-electron chi connectivity index (χ1n) is 13.5. The molecule has 204 valence electrons. The second-order valence-corrected chi connectivity index (χ2v) is 11.0. The van der Waals surface area contributed by atoms with E-state index in [9.17, 15) is 4.79 Å². The molecule has 4 aromatic rings. The Labute approximate surface area is 227 Å². The number of pyridine rings is 1. The number of fused-ring (bicyclic) bond motifs is 1. The summed E-state index contributed by atoms with van der Waals surface area (Å²) >= 11 is 0. The number of likely N-dealkylation sites (tertiary alicyclic amines) is 1. The molecule has 11 nitrogen and oxygen atoms in total. The number of anilines is 1. The number of hydrogen-bond donors (Lipinski definition) is 0. The van der Waals surface area contributed by atoms with Gasteiger partial charge in [-0.25, -0.2) is 14.5 Å². The molecule has 0 radical (unpaired) electrons. The van der Waals surface area contributed by atoms with E-state index in [-0.39, 0.29) is 12.0 Å². The SMILES string of the molecule is CC(C)(C)OC(=O)N1CCC(c2ccn(-c3cc(N4CCOCC4)n4nc(-c5ccncc5)cc4n3)n2)CC1. The number of morpholine rings is 1. The fraction of sp³-hybridized carbons (Fsp3) is 0.464. The smallest absolute Gasteiger partial charge is 0.410 e. The highest BCUT2D eigenvalue weighted by Crippen LogP contribution is 2.29. The lowest BCUT2D eigenvalue weighted by Crippen LogP contribution is -2.41. The number of carbonyl (C=O) groups excluding carboxylic acids is 1. The average molecular weight is 531 g/mol. The first-order valence-corrected chi connectivity index (χ1v) is 13.5. The number of hydrogen-bond acceptors (Lipinski definition) is 8. The van der Waals surface area contributed by atoms with Crippen LogP contribution in [0.2, 0.25) is 0 Å². The summed E-state index contributed by atoms with van der Waals surface area (Å²) in [6, 6.07) is 10.0. The van der Waals surface area contributed by atoms with E-state index in [1.54, 1.807) is 17.3 Å². The third-order valence-electron chi connectivity index (χ3n) is 7.12. The number of ether oxygens (including phenoxy) is 2. The predicted molar refractivity (Wildman–Crippen MR) is 146 cm³/mol. The maximum Gasteiger partial charge on any atom is 0.410 e. The first-order chi connectivity index (χ1) is 18.8. The van der Waals surface area contributed by atoms with Crippen molar-refractivity contribution in [1.82, 2.24) is 34.3 Å². The summed E-state index contributed by atoms with van der Waals surface area (Å²) in [5, 5.41) is 9.82. The van der Waals surface area contributed by atoms with Crippen molar-refractivity contribution < 1.29 is 14.3 Å². The standard InChI is InChI=1S/C28H34N8O3/c1-28(2,3)39-27(37)34-11-6-21(7-12-34)22-8-13-35(31-22)24-19-26(33-14-16-38-17-15-33)36-25(30-24)18-23(32-36)20-4-9-29-10-5-20/h4-5,8-10,13,18-19,21H,6-7,11-12,14-17H2,1-3H3. The van der Waals surface area contributed by atoms with Gasteiger partial charge < -0.3 is 19.3 Å². The van der Waals surface area contributed by atoms with E-state index in [1.807, 2.05) is 60.4 Å². The molecule has 2 aliphatic rings. The molecule has 0 aromatic carbocycles. The molecule has 0 spiro atoms. The van der Waals surface area contributed by atoms with Crippen LogP contribution in [0.4, 0.5) is 10.6 Å². The van der Waals surface area contributed by atoms with Crippen LogP contribution in [0.25, 0.3) is 22.7 Å². The Morgan fingerprint density at radius 1 is 1.00 bits per heavy atom. The minimum absolute atomic E-state index is 0.244. The largest absolute Gasteiger partial charge is 0.444 e. The molecule has 39 heavy (non-hydrogen) atoms. The molecule has 0 bridgehead atoms. The third kappa shape index (κ3) is 5.44. The van der Waals surface area contributed by atoms with E-state index < -0.39 is 5.60 Å². The van der Waals surface area contributed by atoms with Crippen molar-refractivity contribution in [2.24, 2.45) is 0 Å². The van der Waals surface area contributed by atoms with E-state index in [0.717, 1.165) is 60.2 Å². The van der Waals surface area contributed by atoms with Crippen LogP contribution in [0, 0.1) is 0 Å². The van der Waals surface area contributed by atoms with Gasteiger partial charge >= 0.3 is 6.09 Å². The number of carbonyl (C=O) groups is 1. The van der Waals surface area contributed by atoms with E-state index in [2.05, 4.69) is 16.0 Å². The van der Waals surface area contributed by atoms with Crippen LogP contribution in [-0.2, 0) is 9.47 Å². The Morgan fingerprint density at radius 3 is 2.46 bits per heavy atom. The van der Waals surface area contributed by atoms with Crippen LogP contribution in [0.3, 0.4) is 0 Å². The molecule has 2 fully saturated rings. The summed E-state index contributed by atoms with van der Waals surface area (Å²) in [6.45, 7) is 9.90. The van der Waals surface area contributed by atoms with Crippen molar-refractivity contribution in [2.75, 3.05) is 44.3 Å². The molecule has 6 heterocycles. The van der Waals surface area contributed by atoms with E-state index in [4.69, 9.17) is 24.7 Å². The maximum atomic E-state index is 12.5. The van der Waals surface area contributed by atoms with Gasteiger partial charge in [-0.2, -0.15) is 14.7 Å². The van der Waals surface area contributed by atoms with Crippen LogP contribution >= 0.6 is 0 Å². The van der Waals surface area contributed by atoms with Gasteiger partial charge in [0.05, 0.1) is 24.6 Å². The molecule has 1 amide bonds. The molecule has 0 unspecified atom stereocenters. The number of aromatic nitrogens is 6. The van der Waals surface area contributed by atoms with Gasteiger partial charge in [-0.05, 0) is 51.8 Å². The summed E-state index contributed by atoms with van der Waals surface area (Å²) in [5.41, 5.74) is 3.11. The fourth-order valence-corrected chi connectivity index (χ4v) is 5.11. The minimum Gasteiger partial charge on any atom is -0.444 e. The minimum atomic E-state index is -0.491. The molecular formula is C28H34N8O3. The summed E-state index contributed by atoms with van der Waals surface area (Å²) < 4.78 is 14.9.